The molecule has 2 nitrogen and oxygen atoms in total. The van der Waals surface area contributed by atoms with Crippen molar-refractivity contribution in [1.29, 1.82) is 0 Å². The van der Waals surface area contributed by atoms with Gasteiger partial charge in [0.25, 0.3) is 0 Å². The number of alkyl halides is 3. The summed E-state index contributed by atoms with van der Waals surface area (Å²) in [7, 11) is -3.47. The summed E-state index contributed by atoms with van der Waals surface area (Å²) in [6, 6.07) is 10.1. The molecule has 0 aliphatic rings. The van der Waals surface area contributed by atoms with Gasteiger partial charge in [-0.25, -0.2) is 8.42 Å². The van der Waals surface area contributed by atoms with Crippen LogP contribution in [0.4, 0.5) is 13.2 Å². The van der Waals surface area contributed by atoms with Crippen molar-refractivity contribution in [2.75, 3.05) is 5.75 Å². The minimum Gasteiger partial charge on any atom is -0.228 e. The summed E-state index contributed by atoms with van der Waals surface area (Å²) >= 11 is 0.827. The second-order valence-electron chi connectivity index (χ2n) is 5.17. The molecule has 7 heteroatoms. The van der Waals surface area contributed by atoms with Gasteiger partial charge in [0.15, 0.2) is 9.84 Å². The topological polar surface area (TPSA) is 34.1 Å². The fourth-order valence-electron chi connectivity index (χ4n) is 2.14. The highest BCUT2D eigenvalue weighted by Crippen LogP contribution is 2.33. The van der Waals surface area contributed by atoms with E-state index in [4.69, 9.17) is 0 Å². The number of thiophene rings is 1. The monoisotopic (exact) mass is 348 g/mol. The van der Waals surface area contributed by atoms with Crippen LogP contribution in [0.2, 0.25) is 0 Å². The first kappa shape index (κ1) is 17.0. The van der Waals surface area contributed by atoms with Gasteiger partial charge in [0, 0.05) is 10.3 Å². The van der Waals surface area contributed by atoms with Gasteiger partial charge < -0.3 is 0 Å². The average molecular weight is 348 g/mol. The Labute approximate surface area is 131 Å². The molecule has 0 aliphatic carbocycles. The van der Waals surface area contributed by atoms with Crippen molar-refractivity contribution in [3.63, 3.8) is 0 Å². The Morgan fingerprint density at radius 3 is 2.36 bits per heavy atom. The van der Waals surface area contributed by atoms with Crippen molar-refractivity contribution in [1.82, 2.24) is 0 Å². The number of hydrogen-bond donors (Lipinski definition) is 0. The van der Waals surface area contributed by atoms with E-state index in [1.165, 1.54) is 0 Å². The zero-order chi connectivity index (χ0) is 16.4. The summed E-state index contributed by atoms with van der Waals surface area (Å²) in [6.45, 7) is 1.79. The normalized spacial score (nSPS) is 14.0. The summed E-state index contributed by atoms with van der Waals surface area (Å²) in [6.07, 6.45) is -4.43. The van der Waals surface area contributed by atoms with E-state index in [2.05, 4.69) is 0 Å². The Bertz CT molecular complexity index is 719. The number of hydrogen-bond acceptors (Lipinski definition) is 3. The lowest BCUT2D eigenvalue weighted by molar-refractivity contribution is -0.137. The third kappa shape index (κ3) is 4.58. The highest BCUT2D eigenvalue weighted by Gasteiger charge is 2.32. The predicted molar refractivity (Wildman–Crippen MR) is 81.7 cm³/mol. The molecule has 1 atom stereocenters. The smallest absolute Gasteiger partial charge is 0.228 e. The van der Waals surface area contributed by atoms with E-state index in [-0.39, 0.29) is 22.3 Å². The molecular formula is C15H15F3O2S2. The second-order valence-corrected chi connectivity index (χ2v) is 8.27. The Hall–Kier alpha value is -1.34. The van der Waals surface area contributed by atoms with Crippen LogP contribution in [0, 0.1) is 0 Å². The Morgan fingerprint density at radius 2 is 1.82 bits per heavy atom. The maximum atomic E-state index is 12.5. The summed E-state index contributed by atoms with van der Waals surface area (Å²) in [5, 5.41) is 0.950. The molecule has 120 valence electrons. The molecular weight excluding hydrogens is 333 g/mol. The first-order chi connectivity index (χ1) is 10.2. The predicted octanol–water partition coefficient (Wildman–Crippen LogP) is 4.49. The van der Waals surface area contributed by atoms with Gasteiger partial charge in [0.1, 0.15) is 0 Å². The Kier molecular flexibility index (Phi) is 4.97. The quantitative estimate of drug-likeness (QED) is 0.798. The van der Waals surface area contributed by atoms with Gasteiger partial charge in [-0.3, -0.25) is 0 Å². The molecule has 0 N–H and O–H groups in total. The molecule has 0 fully saturated rings. The molecule has 0 bridgehead atoms. The Morgan fingerprint density at radius 1 is 1.18 bits per heavy atom. The van der Waals surface area contributed by atoms with E-state index in [1.807, 2.05) is 30.3 Å². The lowest BCUT2D eigenvalue weighted by Gasteiger charge is -2.12. The molecule has 1 aromatic carbocycles. The van der Waals surface area contributed by atoms with Crippen LogP contribution < -0.4 is 0 Å². The van der Waals surface area contributed by atoms with Crippen LogP contribution in [0.3, 0.4) is 0 Å². The van der Waals surface area contributed by atoms with Crippen molar-refractivity contribution >= 4 is 21.2 Å². The van der Waals surface area contributed by atoms with Gasteiger partial charge in [-0.2, -0.15) is 13.2 Å². The molecule has 2 aromatic rings. The first-order valence-electron chi connectivity index (χ1n) is 6.57. The van der Waals surface area contributed by atoms with Crippen LogP contribution >= 0.6 is 11.3 Å². The van der Waals surface area contributed by atoms with Gasteiger partial charge in [-0.15, -0.1) is 11.3 Å². The largest absolute Gasteiger partial charge is 0.417 e. The van der Waals surface area contributed by atoms with Gasteiger partial charge in [-0.05, 0) is 17.5 Å². The molecule has 0 radical (unpaired) electrons. The average Bonchev–Trinajstić information content (AvgIpc) is 2.86. The van der Waals surface area contributed by atoms with Crippen molar-refractivity contribution in [2.24, 2.45) is 0 Å². The van der Waals surface area contributed by atoms with Crippen LogP contribution in [0.15, 0.2) is 41.8 Å². The van der Waals surface area contributed by atoms with E-state index < -0.39 is 21.6 Å². The molecule has 0 spiro atoms. The van der Waals surface area contributed by atoms with Gasteiger partial charge in [0.2, 0.25) is 0 Å². The van der Waals surface area contributed by atoms with Crippen molar-refractivity contribution < 1.29 is 21.6 Å². The fourth-order valence-corrected chi connectivity index (χ4v) is 5.21. The van der Waals surface area contributed by atoms with Crippen molar-refractivity contribution in [3.8, 4) is 0 Å². The van der Waals surface area contributed by atoms with E-state index >= 15 is 0 Å². The first-order valence-corrected chi connectivity index (χ1v) is 9.27. The summed E-state index contributed by atoms with van der Waals surface area (Å²) in [5.74, 6) is -0.644. The number of benzene rings is 1. The number of rotatable bonds is 5. The minimum atomic E-state index is -4.43. The second kappa shape index (κ2) is 6.42. The maximum Gasteiger partial charge on any atom is 0.417 e. The lowest BCUT2D eigenvalue weighted by atomic mass is 10.0. The molecule has 0 saturated heterocycles. The van der Waals surface area contributed by atoms with E-state index in [1.54, 1.807) is 6.92 Å². The minimum absolute atomic E-state index is 0.0870. The summed E-state index contributed by atoms with van der Waals surface area (Å²) in [4.78, 5) is 0.215. The molecule has 2 rings (SSSR count). The Balaban J connectivity index is 2.07. The zero-order valence-corrected chi connectivity index (χ0v) is 13.4. The van der Waals surface area contributed by atoms with Crippen LogP contribution in [0.5, 0.6) is 0 Å². The highest BCUT2D eigenvalue weighted by molar-refractivity contribution is 7.90. The van der Waals surface area contributed by atoms with Crippen LogP contribution in [0.1, 0.15) is 28.8 Å². The van der Waals surface area contributed by atoms with Crippen LogP contribution in [-0.4, -0.2) is 14.2 Å². The summed E-state index contributed by atoms with van der Waals surface area (Å²) < 4.78 is 61.9. The number of sulfone groups is 1. The third-order valence-electron chi connectivity index (χ3n) is 3.22. The van der Waals surface area contributed by atoms with Crippen molar-refractivity contribution in [2.45, 2.75) is 24.8 Å². The molecule has 1 heterocycles. The SMILES string of the molecule is CC(CS(=O)(=O)Cc1cc(C(F)(F)F)cs1)c1ccccc1. The van der Waals surface area contributed by atoms with Gasteiger partial charge >= 0.3 is 6.18 Å². The third-order valence-corrected chi connectivity index (χ3v) is 6.09. The zero-order valence-electron chi connectivity index (χ0n) is 11.8. The highest BCUT2D eigenvalue weighted by atomic mass is 32.2. The maximum absolute atomic E-state index is 12.5. The van der Waals surface area contributed by atoms with Crippen LogP contribution in [0.25, 0.3) is 0 Å². The standard InChI is InChI=1S/C15H15F3O2S2/c1-11(12-5-3-2-4-6-12)9-22(19,20)10-14-7-13(8-21-14)15(16,17)18/h2-8,11H,9-10H2,1H3. The van der Waals surface area contributed by atoms with Gasteiger partial charge in [-0.1, -0.05) is 37.3 Å². The summed E-state index contributed by atoms with van der Waals surface area (Å²) in [5.41, 5.74) is 0.104. The van der Waals surface area contributed by atoms with E-state index in [0.717, 1.165) is 28.3 Å². The molecule has 0 aliphatic heterocycles. The molecule has 0 amide bonds. The van der Waals surface area contributed by atoms with E-state index in [0.29, 0.717) is 0 Å². The number of halogens is 3. The van der Waals surface area contributed by atoms with Crippen LogP contribution in [-0.2, 0) is 21.8 Å². The molecule has 0 saturated carbocycles. The molecule has 1 unspecified atom stereocenters. The van der Waals surface area contributed by atoms with Crippen molar-refractivity contribution in [3.05, 3.63) is 57.8 Å². The van der Waals surface area contributed by atoms with E-state index in [9.17, 15) is 21.6 Å². The van der Waals surface area contributed by atoms with Gasteiger partial charge in [0.05, 0.1) is 17.1 Å². The fraction of sp³-hybridized carbons (Fsp3) is 0.333. The lowest BCUT2D eigenvalue weighted by Crippen LogP contribution is -2.14. The molecule has 1 aromatic heterocycles. The molecule has 22 heavy (non-hydrogen) atoms.